The molecule has 0 saturated heterocycles. The molecule has 0 spiro atoms. The van der Waals surface area contributed by atoms with Crippen molar-refractivity contribution < 1.29 is 9.50 Å². The number of anilines is 1. The summed E-state index contributed by atoms with van der Waals surface area (Å²) in [5.74, 6) is -0.407. The first kappa shape index (κ1) is 15.9. The molecule has 0 aliphatic heterocycles. The summed E-state index contributed by atoms with van der Waals surface area (Å²) >= 11 is 10.3. The summed E-state index contributed by atoms with van der Waals surface area (Å²) in [5, 5.41) is 13.2. The summed E-state index contributed by atoms with van der Waals surface area (Å²) in [7, 11) is 0. The van der Waals surface area contributed by atoms with Crippen LogP contribution in [-0.2, 0) is 0 Å². The van der Waals surface area contributed by atoms with Crippen molar-refractivity contribution in [3.63, 3.8) is 0 Å². The van der Waals surface area contributed by atoms with Gasteiger partial charge >= 0.3 is 0 Å². The van der Waals surface area contributed by atoms with Gasteiger partial charge in [-0.2, -0.15) is 0 Å². The highest BCUT2D eigenvalue weighted by molar-refractivity contribution is 9.11. The zero-order valence-corrected chi connectivity index (χ0v) is 15.0. The second-order valence-electron chi connectivity index (χ2n) is 4.16. The lowest BCUT2D eigenvalue weighted by atomic mass is 10.1. The number of aliphatic hydroxyl groups excluding tert-OH is 1. The monoisotopic (exact) mass is 465 g/mol. The Kier molecular flexibility index (Phi) is 5.60. The molecule has 0 saturated carbocycles. The predicted octanol–water partition coefficient (Wildman–Crippen LogP) is 5.26. The van der Waals surface area contributed by atoms with Crippen molar-refractivity contribution in [3.8, 4) is 0 Å². The van der Waals surface area contributed by atoms with Gasteiger partial charge in [0, 0.05) is 25.5 Å². The number of hydrogen-bond donors (Lipinski definition) is 2. The van der Waals surface area contributed by atoms with E-state index in [9.17, 15) is 9.50 Å². The van der Waals surface area contributed by atoms with Crippen molar-refractivity contribution in [2.45, 2.75) is 6.10 Å². The molecule has 0 bridgehead atoms. The van der Waals surface area contributed by atoms with E-state index in [1.165, 1.54) is 6.07 Å². The Labute approximate surface area is 141 Å². The standard InChI is InChI=1S/C14H11Br3FNO/c15-8-5-10(16)14(11(17)6-8)19-7-13(20)9-3-1-2-4-12(9)18/h1-6,13,19-20H,7H2. The van der Waals surface area contributed by atoms with Crippen molar-refractivity contribution in [3.05, 3.63) is 61.2 Å². The van der Waals surface area contributed by atoms with Gasteiger partial charge in [0.15, 0.2) is 0 Å². The van der Waals surface area contributed by atoms with E-state index in [0.717, 1.165) is 19.1 Å². The second kappa shape index (κ2) is 7.02. The lowest BCUT2D eigenvalue weighted by Gasteiger charge is -2.16. The molecule has 0 aliphatic rings. The average Bonchev–Trinajstić information content (AvgIpc) is 2.37. The number of hydrogen-bond acceptors (Lipinski definition) is 2. The van der Waals surface area contributed by atoms with Crippen LogP contribution >= 0.6 is 47.8 Å². The Balaban J connectivity index is 2.12. The first-order valence-corrected chi connectivity index (χ1v) is 8.18. The molecule has 2 rings (SSSR count). The number of nitrogens with one attached hydrogen (secondary N) is 1. The SMILES string of the molecule is OC(CNc1c(Br)cc(Br)cc1Br)c1ccccc1F. The lowest BCUT2D eigenvalue weighted by molar-refractivity contribution is 0.186. The normalized spacial score (nSPS) is 12.2. The fourth-order valence-electron chi connectivity index (χ4n) is 1.77. The summed E-state index contributed by atoms with van der Waals surface area (Å²) in [6.45, 7) is 0.208. The topological polar surface area (TPSA) is 32.3 Å². The molecule has 0 fully saturated rings. The molecule has 0 aromatic heterocycles. The minimum absolute atomic E-state index is 0.208. The molecule has 0 aliphatic carbocycles. The van der Waals surface area contributed by atoms with Crippen LogP contribution < -0.4 is 5.32 Å². The Morgan fingerprint density at radius 3 is 2.30 bits per heavy atom. The molecule has 1 unspecified atom stereocenters. The summed E-state index contributed by atoms with van der Waals surface area (Å²) in [4.78, 5) is 0. The largest absolute Gasteiger partial charge is 0.386 e. The molecule has 2 nitrogen and oxygen atoms in total. The Bertz CT molecular complexity index is 598. The van der Waals surface area contributed by atoms with Gasteiger partial charge < -0.3 is 10.4 Å². The van der Waals surface area contributed by atoms with E-state index < -0.39 is 11.9 Å². The van der Waals surface area contributed by atoms with E-state index in [1.807, 2.05) is 12.1 Å². The van der Waals surface area contributed by atoms with Gasteiger partial charge in [0.1, 0.15) is 5.82 Å². The zero-order valence-electron chi connectivity index (χ0n) is 10.2. The fourth-order valence-corrected chi connectivity index (χ4v) is 4.30. The molecule has 6 heteroatoms. The first-order valence-electron chi connectivity index (χ1n) is 5.80. The Morgan fingerprint density at radius 2 is 1.70 bits per heavy atom. The van der Waals surface area contributed by atoms with Crippen LogP contribution in [0.4, 0.5) is 10.1 Å². The molecule has 1 atom stereocenters. The highest BCUT2D eigenvalue weighted by Gasteiger charge is 2.13. The Morgan fingerprint density at radius 1 is 1.10 bits per heavy atom. The van der Waals surface area contributed by atoms with Gasteiger partial charge in [-0.25, -0.2) is 4.39 Å². The fraction of sp³-hybridized carbons (Fsp3) is 0.143. The number of aliphatic hydroxyl groups is 1. The first-order chi connectivity index (χ1) is 9.49. The lowest BCUT2D eigenvalue weighted by Crippen LogP contribution is -2.14. The summed E-state index contributed by atoms with van der Waals surface area (Å²) in [6, 6.07) is 10.00. The van der Waals surface area contributed by atoms with E-state index in [4.69, 9.17) is 0 Å². The van der Waals surface area contributed by atoms with Crippen molar-refractivity contribution >= 4 is 53.5 Å². The van der Waals surface area contributed by atoms with Crippen LogP contribution in [0.2, 0.25) is 0 Å². The summed E-state index contributed by atoms with van der Waals surface area (Å²) in [5.41, 5.74) is 1.09. The number of benzene rings is 2. The van der Waals surface area contributed by atoms with Gasteiger partial charge in [-0.15, -0.1) is 0 Å². The second-order valence-corrected chi connectivity index (χ2v) is 6.79. The predicted molar refractivity (Wildman–Crippen MR) is 89.4 cm³/mol. The average molecular weight is 468 g/mol. The van der Waals surface area contributed by atoms with Crippen LogP contribution in [0.3, 0.4) is 0 Å². The highest BCUT2D eigenvalue weighted by atomic mass is 79.9. The van der Waals surface area contributed by atoms with Gasteiger partial charge in [-0.3, -0.25) is 0 Å². The van der Waals surface area contributed by atoms with Crippen LogP contribution in [0.1, 0.15) is 11.7 Å². The summed E-state index contributed by atoms with van der Waals surface area (Å²) in [6.07, 6.45) is -0.918. The molecule has 0 amide bonds. The minimum atomic E-state index is -0.918. The maximum Gasteiger partial charge on any atom is 0.129 e. The van der Waals surface area contributed by atoms with Crippen molar-refractivity contribution in [2.24, 2.45) is 0 Å². The van der Waals surface area contributed by atoms with Crippen LogP contribution in [0.25, 0.3) is 0 Å². The van der Waals surface area contributed by atoms with E-state index in [0.29, 0.717) is 0 Å². The van der Waals surface area contributed by atoms with Gasteiger partial charge in [0.25, 0.3) is 0 Å². The third-order valence-electron chi connectivity index (χ3n) is 2.74. The van der Waals surface area contributed by atoms with E-state index in [-0.39, 0.29) is 12.1 Å². The van der Waals surface area contributed by atoms with Crippen LogP contribution in [0.5, 0.6) is 0 Å². The maximum atomic E-state index is 13.6. The third kappa shape index (κ3) is 3.81. The van der Waals surface area contributed by atoms with Crippen molar-refractivity contribution in [1.29, 1.82) is 0 Å². The van der Waals surface area contributed by atoms with E-state index in [1.54, 1.807) is 18.2 Å². The minimum Gasteiger partial charge on any atom is -0.386 e. The van der Waals surface area contributed by atoms with Gasteiger partial charge in [-0.1, -0.05) is 34.1 Å². The molecule has 2 aromatic carbocycles. The van der Waals surface area contributed by atoms with E-state index >= 15 is 0 Å². The van der Waals surface area contributed by atoms with Crippen LogP contribution in [0, 0.1) is 5.82 Å². The molecular formula is C14H11Br3FNO. The molecular weight excluding hydrogens is 457 g/mol. The number of rotatable bonds is 4. The maximum absolute atomic E-state index is 13.6. The van der Waals surface area contributed by atoms with E-state index in [2.05, 4.69) is 53.1 Å². The van der Waals surface area contributed by atoms with Crippen LogP contribution in [0.15, 0.2) is 49.8 Å². The van der Waals surface area contributed by atoms with Gasteiger partial charge in [0.2, 0.25) is 0 Å². The van der Waals surface area contributed by atoms with Gasteiger partial charge in [-0.05, 0) is 50.1 Å². The molecule has 0 radical (unpaired) electrons. The highest BCUT2D eigenvalue weighted by Crippen LogP contribution is 2.34. The molecule has 2 aromatic rings. The molecule has 2 N–H and O–H groups in total. The quantitative estimate of drug-likeness (QED) is 0.643. The van der Waals surface area contributed by atoms with Crippen molar-refractivity contribution in [2.75, 3.05) is 11.9 Å². The Hall–Kier alpha value is -0.430. The molecule has 0 heterocycles. The summed E-state index contributed by atoms with van der Waals surface area (Å²) < 4.78 is 16.2. The molecule has 106 valence electrons. The van der Waals surface area contributed by atoms with Crippen molar-refractivity contribution in [1.82, 2.24) is 0 Å². The van der Waals surface area contributed by atoms with Gasteiger partial charge in [0.05, 0.1) is 11.8 Å². The zero-order chi connectivity index (χ0) is 14.7. The molecule has 20 heavy (non-hydrogen) atoms. The number of halogens is 4. The smallest absolute Gasteiger partial charge is 0.129 e. The van der Waals surface area contributed by atoms with Crippen LogP contribution in [-0.4, -0.2) is 11.7 Å². The third-order valence-corrected chi connectivity index (χ3v) is 4.45.